The second kappa shape index (κ2) is 10.1. The predicted molar refractivity (Wildman–Crippen MR) is 105 cm³/mol. The van der Waals surface area contributed by atoms with Crippen molar-refractivity contribution in [3.8, 4) is 0 Å². The maximum atomic E-state index is 4.81. The lowest BCUT2D eigenvalue weighted by Crippen LogP contribution is -2.48. The van der Waals surface area contributed by atoms with Crippen molar-refractivity contribution >= 4 is 29.9 Å². The van der Waals surface area contributed by atoms with Gasteiger partial charge in [0.2, 0.25) is 0 Å². The Kier molecular flexibility index (Phi) is 8.86. The number of likely N-dealkylation sites (tertiary alicyclic amines) is 1. The van der Waals surface area contributed by atoms with Crippen LogP contribution in [0.1, 0.15) is 39.9 Å². The van der Waals surface area contributed by atoms with E-state index in [9.17, 15) is 0 Å². The average Bonchev–Trinajstić information content (AvgIpc) is 2.93. The zero-order valence-corrected chi connectivity index (χ0v) is 17.2. The highest BCUT2D eigenvalue weighted by Crippen LogP contribution is 2.20. The van der Waals surface area contributed by atoms with Crippen molar-refractivity contribution in [2.24, 2.45) is 16.8 Å². The summed E-state index contributed by atoms with van der Waals surface area (Å²) in [6, 6.07) is 0. The normalized spacial score (nSPS) is 21.9. The van der Waals surface area contributed by atoms with Crippen LogP contribution in [0.4, 0.5) is 0 Å². The summed E-state index contributed by atoms with van der Waals surface area (Å²) in [5.74, 6) is 3.54. The molecular weight excluding hydrogens is 403 g/mol. The van der Waals surface area contributed by atoms with Crippen molar-refractivity contribution in [2.75, 3.05) is 26.2 Å². The van der Waals surface area contributed by atoms with Gasteiger partial charge in [-0.15, -0.1) is 34.2 Å². The minimum atomic E-state index is 0. The van der Waals surface area contributed by atoms with Gasteiger partial charge < -0.3 is 14.8 Å². The van der Waals surface area contributed by atoms with Gasteiger partial charge in [0.1, 0.15) is 12.2 Å². The first-order valence-electron chi connectivity index (χ1n) is 8.53. The molecule has 0 amide bonds. The van der Waals surface area contributed by atoms with Gasteiger partial charge in [-0.05, 0) is 25.2 Å². The van der Waals surface area contributed by atoms with Crippen LogP contribution >= 0.6 is 24.0 Å². The van der Waals surface area contributed by atoms with Crippen molar-refractivity contribution in [3.05, 3.63) is 12.2 Å². The molecule has 1 N–H and O–H groups in total. The van der Waals surface area contributed by atoms with E-state index in [0.29, 0.717) is 0 Å². The molecule has 7 heteroatoms. The first kappa shape index (κ1) is 20.2. The lowest BCUT2D eigenvalue weighted by atomic mass is 9.92. The van der Waals surface area contributed by atoms with Crippen LogP contribution < -0.4 is 5.32 Å². The molecule has 0 aromatic carbocycles. The smallest absolute Gasteiger partial charge is 0.193 e. The van der Waals surface area contributed by atoms with Gasteiger partial charge >= 0.3 is 0 Å². The maximum Gasteiger partial charge on any atom is 0.193 e. The summed E-state index contributed by atoms with van der Waals surface area (Å²) in [6.07, 6.45) is 4.02. The molecule has 2 rings (SSSR count). The Morgan fingerprint density at radius 3 is 2.61 bits per heavy atom. The number of piperidine rings is 1. The van der Waals surface area contributed by atoms with Crippen LogP contribution in [0, 0.1) is 11.8 Å². The van der Waals surface area contributed by atoms with Gasteiger partial charge in [-0.25, -0.2) is 0 Å². The number of aliphatic imine (C=N–C) groups is 1. The molecular formula is C16H31IN6. The largest absolute Gasteiger partial charge is 0.357 e. The van der Waals surface area contributed by atoms with Crippen molar-refractivity contribution in [2.45, 2.75) is 47.1 Å². The number of hydrogen-bond donors (Lipinski definition) is 1. The Morgan fingerprint density at radius 2 is 2.00 bits per heavy atom. The molecule has 1 aliphatic rings. The zero-order chi connectivity index (χ0) is 15.9. The number of aromatic nitrogens is 3. The quantitative estimate of drug-likeness (QED) is 0.440. The van der Waals surface area contributed by atoms with Crippen molar-refractivity contribution in [1.82, 2.24) is 25.0 Å². The molecule has 2 heterocycles. The molecule has 2 atom stereocenters. The van der Waals surface area contributed by atoms with Gasteiger partial charge in [0.25, 0.3) is 0 Å². The second-order valence-electron chi connectivity index (χ2n) is 6.38. The van der Waals surface area contributed by atoms with E-state index in [0.717, 1.165) is 62.8 Å². The SMILES string of the molecule is CCNC(=NCCn1cnnc1CC)N1CC(C)CC(C)C1.I. The third-order valence-electron chi connectivity index (χ3n) is 4.12. The third-order valence-corrected chi connectivity index (χ3v) is 4.12. The Balaban J connectivity index is 0.00000264. The van der Waals surface area contributed by atoms with Gasteiger partial charge in [-0.1, -0.05) is 20.8 Å². The molecule has 0 saturated carbocycles. The van der Waals surface area contributed by atoms with E-state index in [1.165, 1.54) is 6.42 Å². The van der Waals surface area contributed by atoms with E-state index in [-0.39, 0.29) is 24.0 Å². The van der Waals surface area contributed by atoms with Crippen LogP contribution in [0.5, 0.6) is 0 Å². The molecule has 6 nitrogen and oxygen atoms in total. The van der Waals surface area contributed by atoms with E-state index in [4.69, 9.17) is 4.99 Å². The number of guanidine groups is 1. The number of halogens is 1. The Bertz CT molecular complexity index is 477. The lowest BCUT2D eigenvalue weighted by Gasteiger charge is -2.37. The van der Waals surface area contributed by atoms with Crippen LogP contribution in [-0.2, 0) is 13.0 Å². The summed E-state index contributed by atoms with van der Waals surface area (Å²) in [4.78, 5) is 7.22. The number of aryl methyl sites for hydroxylation is 1. The first-order valence-corrected chi connectivity index (χ1v) is 8.53. The van der Waals surface area contributed by atoms with E-state index >= 15 is 0 Å². The summed E-state index contributed by atoms with van der Waals surface area (Å²) >= 11 is 0. The Morgan fingerprint density at radius 1 is 1.30 bits per heavy atom. The Hall–Kier alpha value is -0.860. The fourth-order valence-corrected chi connectivity index (χ4v) is 3.26. The highest BCUT2D eigenvalue weighted by atomic mass is 127. The van der Waals surface area contributed by atoms with Gasteiger partial charge in [0.15, 0.2) is 5.96 Å². The summed E-state index contributed by atoms with van der Waals surface area (Å²) in [6.45, 7) is 13.6. The molecule has 1 aromatic heterocycles. The minimum absolute atomic E-state index is 0. The fourth-order valence-electron chi connectivity index (χ4n) is 3.26. The average molecular weight is 434 g/mol. The number of nitrogens with one attached hydrogen (secondary N) is 1. The van der Waals surface area contributed by atoms with Gasteiger partial charge in [-0.3, -0.25) is 4.99 Å². The topological polar surface area (TPSA) is 58.3 Å². The number of rotatable bonds is 5. The third kappa shape index (κ3) is 5.93. The molecule has 0 spiro atoms. The molecule has 1 aromatic rings. The first-order chi connectivity index (χ1) is 10.6. The summed E-state index contributed by atoms with van der Waals surface area (Å²) < 4.78 is 2.09. The molecule has 0 aliphatic carbocycles. The molecule has 23 heavy (non-hydrogen) atoms. The van der Waals surface area contributed by atoms with Crippen LogP contribution in [-0.4, -0.2) is 51.8 Å². The van der Waals surface area contributed by atoms with E-state index in [2.05, 4.69) is 52.7 Å². The van der Waals surface area contributed by atoms with Crippen molar-refractivity contribution in [3.63, 3.8) is 0 Å². The monoisotopic (exact) mass is 434 g/mol. The zero-order valence-electron chi connectivity index (χ0n) is 14.8. The molecule has 1 fully saturated rings. The Labute approximate surface area is 157 Å². The molecule has 132 valence electrons. The van der Waals surface area contributed by atoms with Crippen molar-refractivity contribution in [1.29, 1.82) is 0 Å². The summed E-state index contributed by atoms with van der Waals surface area (Å²) in [7, 11) is 0. The molecule has 1 aliphatic heterocycles. The summed E-state index contributed by atoms with van der Waals surface area (Å²) in [5.41, 5.74) is 0. The molecule has 1 saturated heterocycles. The lowest BCUT2D eigenvalue weighted by molar-refractivity contribution is 0.208. The molecule has 0 bridgehead atoms. The van der Waals surface area contributed by atoms with Crippen LogP contribution in [0.25, 0.3) is 0 Å². The van der Waals surface area contributed by atoms with Crippen LogP contribution in [0.2, 0.25) is 0 Å². The predicted octanol–water partition coefficient (Wildman–Crippen LogP) is 2.40. The number of hydrogen-bond acceptors (Lipinski definition) is 3. The standard InChI is InChI=1S/C16H30N6.HI/c1-5-15-20-19-12-21(15)8-7-18-16(17-6-2)22-10-13(3)9-14(4)11-22;/h12-14H,5-11H2,1-4H3,(H,17,18);1H. The number of nitrogens with zero attached hydrogens (tertiary/aromatic N) is 5. The van der Waals surface area contributed by atoms with E-state index < -0.39 is 0 Å². The van der Waals surface area contributed by atoms with Gasteiger partial charge in [0, 0.05) is 32.6 Å². The van der Waals surface area contributed by atoms with E-state index in [1.54, 1.807) is 6.33 Å². The molecule has 0 radical (unpaired) electrons. The van der Waals surface area contributed by atoms with Crippen LogP contribution in [0.3, 0.4) is 0 Å². The molecule has 2 unspecified atom stereocenters. The maximum absolute atomic E-state index is 4.81. The fraction of sp³-hybridized carbons (Fsp3) is 0.812. The highest BCUT2D eigenvalue weighted by molar-refractivity contribution is 14.0. The van der Waals surface area contributed by atoms with Crippen LogP contribution in [0.15, 0.2) is 11.3 Å². The van der Waals surface area contributed by atoms with E-state index in [1.807, 2.05) is 0 Å². The van der Waals surface area contributed by atoms with Gasteiger partial charge in [-0.2, -0.15) is 0 Å². The second-order valence-corrected chi connectivity index (χ2v) is 6.38. The van der Waals surface area contributed by atoms with Crippen molar-refractivity contribution < 1.29 is 0 Å². The summed E-state index contributed by atoms with van der Waals surface area (Å²) in [5, 5.41) is 11.5. The van der Waals surface area contributed by atoms with Gasteiger partial charge in [0.05, 0.1) is 6.54 Å². The highest BCUT2D eigenvalue weighted by Gasteiger charge is 2.23. The minimum Gasteiger partial charge on any atom is -0.357 e.